The lowest BCUT2D eigenvalue weighted by Crippen LogP contribution is -1.99. The van der Waals surface area contributed by atoms with Crippen molar-refractivity contribution in [2.75, 3.05) is 19.0 Å². The summed E-state index contributed by atoms with van der Waals surface area (Å²) in [6.07, 6.45) is 6.87. The molecule has 154 valence electrons. The van der Waals surface area contributed by atoms with Gasteiger partial charge in [-0.1, -0.05) is 36.4 Å². The number of aryl methyl sites for hydroxylation is 4. The van der Waals surface area contributed by atoms with Gasteiger partial charge in [0, 0.05) is 30.6 Å². The van der Waals surface area contributed by atoms with Crippen LogP contribution in [0.3, 0.4) is 0 Å². The molecule has 30 heavy (non-hydrogen) atoms. The van der Waals surface area contributed by atoms with Gasteiger partial charge < -0.3 is 10.4 Å². The minimum atomic E-state index is 0.276. The Kier molecular flexibility index (Phi) is 6.24. The number of anilines is 1. The molecule has 0 atom stereocenters. The summed E-state index contributed by atoms with van der Waals surface area (Å²) in [4.78, 5) is 9.50. The van der Waals surface area contributed by atoms with Crippen LogP contribution in [0.4, 0.5) is 5.82 Å². The molecule has 0 aliphatic heterocycles. The normalized spacial score (nSPS) is 11.3. The molecule has 4 aromatic rings. The summed E-state index contributed by atoms with van der Waals surface area (Å²) in [6.45, 7) is 2.37. The molecule has 0 amide bonds. The van der Waals surface area contributed by atoms with Crippen LogP contribution in [0.1, 0.15) is 35.1 Å². The van der Waals surface area contributed by atoms with Gasteiger partial charge in [-0.3, -0.25) is 4.98 Å². The fourth-order valence-corrected chi connectivity index (χ4v) is 3.95. The first-order valence-electron chi connectivity index (χ1n) is 10.7. The third-order valence-corrected chi connectivity index (χ3v) is 5.68. The Bertz CT molecular complexity index is 1150. The molecule has 2 heterocycles. The molecular formula is C26H29N3O. The van der Waals surface area contributed by atoms with E-state index in [1.165, 1.54) is 22.3 Å². The van der Waals surface area contributed by atoms with Crippen molar-refractivity contribution < 1.29 is 5.11 Å². The number of hydrogen-bond donors (Lipinski definition) is 2. The van der Waals surface area contributed by atoms with Gasteiger partial charge in [-0.25, -0.2) is 4.98 Å². The molecule has 2 aromatic heterocycles. The largest absolute Gasteiger partial charge is 0.396 e. The van der Waals surface area contributed by atoms with Gasteiger partial charge >= 0.3 is 0 Å². The van der Waals surface area contributed by atoms with Crippen molar-refractivity contribution in [3.8, 4) is 0 Å². The minimum Gasteiger partial charge on any atom is -0.396 e. The van der Waals surface area contributed by atoms with E-state index in [4.69, 9.17) is 15.1 Å². The van der Waals surface area contributed by atoms with E-state index >= 15 is 0 Å². The Balaban J connectivity index is 1.55. The number of hydrogen-bond acceptors (Lipinski definition) is 4. The molecule has 0 unspecified atom stereocenters. The third kappa shape index (κ3) is 4.44. The molecule has 0 radical (unpaired) electrons. The molecule has 0 spiro atoms. The van der Waals surface area contributed by atoms with Gasteiger partial charge in [0.05, 0.1) is 5.52 Å². The van der Waals surface area contributed by atoms with Crippen molar-refractivity contribution in [1.29, 1.82) is 0 Å². The fourth-order valence-electron chi connectivity index (χ4n) is 3.95. The lowest BCUT2D eigenvalue weighted by atomic mass is 10.0. The highest BCUT2D eigenvalue weighted by atomic mass is 16.2. The van der Waals surface area contributed by atoms with Crippen molar-refractivity contribution in [2.24, 2.45) is 0 Å². The van der Waals surface area contributed by atoms with Crippen LogP contribution in [0.15, 0.2) is 54.7 Å². The summed E-state index contributed by atoms with van der Waals surface area (Å²) in [5.74, 6) is 0.825. The number of benzene rings is 2. The highest BCUT2D eigenvalue weighted by molar-refractivity contribution is 6.08. The van der Waals surface area contributed by atoms with Crippen LogP contribution in [0.5, 0.6) is 0 Å². The van der Waals surface area contributed by atoms with Crippen molar-refractivity contribution in [3.63, 3.8) is 0 Å². The Morgan fingerprint density at radius 1 is 0.833 bits per heavy atom. The Hall–Kier alpha value is -2.98. The second-order valence-electron chi connectivity index (χ2n) is 7.97. The van der Waals surface area contributed by atoms with E-state index in [0.29, 0.717) is 0 Å². The second kappa shape index (κ2) is 9.23. The number of nitrogens with one attached hydrogen (secondary N) is 1. The number of aliphatic hydroxyl groups is 1. The maximum absolute atomic E-state index is 8.92. The lowest BCUT2D eigenvalue weighted by Gasteiger charge is -2.11. The van der Waals surface area contributed by atoms with Gasteiger partial charge in [0.15, 0.2) is 5.82 Å². The van der Waals surface area contributed by atoms with Crippen LogP contribution < -0.4 is 5.32 Å². The van der Waals surface area contributed by atoms with Gasteiger partial charge in [-0.05, 0) is 73.4 Å². The average molecular weight is 400 g/mol. The number of fused-ring (bicyclic) bond motifs is 3. The van der Waals surface area contributed by atoms with Gasteiger partial charge in [-0.15, -0.1) is 0 Å². The summed E-state index contributed by atoms with van der Waals surface area (Å²) in [7, 11) is 1.90. The standard InChI is InChI=1S/C26H29N3O/c1-18-6-13-22-23-16-21(17-28-25(23)26(27-2)29-24(22)15-18)12-11-20-9-7-19(8-10-20)5-3-4-14-30/h6-10,13,15-17,30H,3-5,11-12,14H2,1-2H3,(H,27,29). The van der Waals surface area contributed by atoms with Crippen molar-refractivity contribution >= 4 is 27.6 Å². The zero-order valence-corrected chi connectivity index (χ0v) is 17.8. The maximum atomic E-state index is 8.92. The Labute approximate surface area is 178 Å². The molecule has 2 aromatic carbocycles. The third-order valence-electron chi connectivity index (χ3n) is 5.68. The van der Waals surface area contributed by atoms with E-state index in [2.05, 4.69) is 60.8 Å². The van der Waals surface area contributed by atoms with E-state index in [9.17, 15) is 0 Å². The monoisotopic (exact) mass is 399 g/mol. The predicted octanol–water partition coefficient (Wildman–Crippen LogP) is 5.23. The number of nitrogens with zero attached hydrogens (tertiary/aromatic N) is 2. The summed E-state index contributed by atoms with van der Waals surface area (Å²) in [5.41, 5.74) is 7.05. The van der Waals surface area contributed by atoms with Gasteiger partial charge in [-0.2, -0.15) is 0 Å². The zero-order chi connectivity index (χ0) is 20.9. The summed E-state index contributed by atoms with van der Waals surface area (Å²) in [5, 5.41) is 14.4. The first kappa shape index (κ1) is 20.3. The van der Waals surface area contributed by atoms with Gasteiger partial charge in [0.1, 0.15) is 5.52 Å². The molecule has 4 heteroatoms. The summed E-state index contributed by atoms with van der Waals surface area (Å²) < 4.78 is 0. The van der Waals surface area contributed by atoms with Crippen LogP contribution in [0.2, 0.25) is 0 Å². The number of unbranched alkanes of at least 4 members (excludes halogenated alkanes) is 1. The summed E-state index contributed by atoms with van der Waals surface area (Å²) >= 11 is 0. The van der Waals surface area contributed by atoms with Crippen molar-refractivity contribution in [3.05, 3.63) is 77.0 Å². The minimum absolute atomic E-state index is 0.276. The highest BCUT2D eigenvalue weighted by Crippen LogP contribution is 2.29. The molecule has 0 fully saturated rings. The number of pyridine rings is 2. The average Bonchev–Trinajstić information content (AvgIpc) is 2.77. The van der Waals surface area contributed by atoms with E-state index in [1.807, 2.05) is 13.2 Å². The molecule has 0 bridgehead atoms. The van der Waals surface area contributed by atoms with Gasteiger partial charge in [0.2, 0.25) is 0 Å². The van der Waals surface area contributed by atoms with E-state index in [1.54, 1.807) is 0 Å². The van der Waals surface area contributed by atoms with Crippen LogP contribution in [-0.2, 0) is 19.3 Å². The van der Waals surface area contributed by atoms with Crippen LogP contribution in [0, 0.1) is 6.92 Å². The predicted molar refractivity (Wildman–Crippen MR) is 125 cm³/mol. The van der Waals surface area contributed by atoms with E-state index in [-0.39, 0.29) is 6.61 Å². The zero-order valence-electron chi connectivity index (χ0n) is 17.8. The molecule has 2 N–H and O–H groups in total. The maximum Gasteiger partial charge on any atom is 0.153 e. The SMILES string of the molecule is CNc1nc2cc(C)ccc2c2cc(CCc3ccc(CCCCO)cc3)cnc12. The molecule has 4 rings (SSSR count). The van der Waals surface area contributed by atoms with Crippen LogP contribution in [-0.4, -0.2) is 28.7 Å². The topological polar surface area (TPSA) is 58.0 Å². The Morgan fingerprint density at radius 3 is 2.30 bits per heavy atom. The van der Waals surface area contributed by atoms with Crippen molar-refractivity contribution in [1.82, 2.24) is 9.97 Å². The first-order valence-corrected chi connectivity index (χ1v) is 10.7. The number of aliphatic hydroxyl groups excluding tert-OH is 1. The number of aromatic nitrogens is 2. The van der Waals surface area contributed by atoms with Gasteiger partial charge in [0.25, 0.3) is 0 Å². The first-order chi connectivity index (χ1) is 14.7. The smallest absolute Gasteiger partial charge is 0.153 e. The summed E-state index contributed by atoms with van der Waals surface area (Å²) in [6, 6.07) is 17.6. The van der Waals surface area contributed by atoms with Crippen molar-refractivity contribution in [2.45, 2.75) is 39.0 Å². The fraction of sp³-hybridized carbons (Fsp3) is 0.308. The van der Waals surface area contributed by atoms with Crippen LogP contribution >= 0.6 is 0 Å². The second-order valence-corrected chi connectivity index (χ2v) is 7.97. The Morgan fingerprint density at radius 2 is 1.57 bits per heavy atom. The highest BCUT2D eigenvalue weighted by Gasteiger charge is 2.10. The quantitative estimate of drug-likeness (QED) is 0.314. The molecule has 0 aliphatic rings. The number of rotatable bonds is 8. The molecule has 0 saturated carbocycles. The van der Waals surface area contributed by atoms with E-state index < -0.39 is 0 Å². The molecule has 0 saturated heterocycles. The molecule has 4 nitrogen and oxygen atoms in total. The van der Waals surface area contributed by atoms with Crippen LogP contribution in [0.25, 0.3) is 21.8 Å². The lowest BCUT2D eigenvalue weighted by molar-refractivity contribution is 0.284. The molecular weight excluding hydrogens is 370 g/mol. The molecule has 0 aliphatic carbocycles. The van der Waals surface area contributed by atoms with E-state index in [0.717, 1.165) is 59.7 Å².